The van der Waals surface area contributed by atoms with Gasteiger partial charge in [0, 0.05) is 24.2 Å². The molecule has 1 rings (SSSR count). The van der Waals surface area contributed by atoms with Crippen LogP contribution in [0.15, 0.2) is 30.3 Å². The average Bonchev–Trinajstić information content (AvgIpc) is 2.33. The average molecular weight is 263 g/mol. The van der Waals surface area contributed by atoms with Gasteiger partial charge in [-0.3, -0.25) is 14.9 Å². The summed E-state index contributed by atoms with van der Waals surface area (Å²) < 4.78 is 0. The minimum Gasteiger partial charge on any atom is -0.351 e. The van der Waals surface area contributed by atoms with Crippen LogP contribution in [-0.4, -0.2) is 22.9 Å². The highest BCUT2D eigenvalue weighted by molar-refractivity contribution is 5.92. The van der Waals surface area contributed by atoms with E-state index in [1.54, 1.807) is 32.0 Å². The summed E-state index contributed by atoms with van der Waals surface area (Å²) in [6.07, 6.45) is 2.67. The molecule has 0 saturated heterocycles. The van der Waals surface area contributed by atoms with Crippen molar-refractivity contribution in [2.45, 2.75) is 19.4 Å². The lowest BCUT2D eigenvalue weighted by Crippen LogP contribution is -2.44. The van der Waals surface area contributed by atoms with Gasteiger partial charge < -0.3 is 11.1 Å². The second kappa shape index (κ2) is 6.10. The van der Waals surface area contributed by atoms with Gasteiger partial charge in [-0.05, 0) is 26.0 Å². The molecule has 0 aliphatic rings. The van der Waals surface area contributed by atoms with Crippen LogP contribution in [0.25, 0.3) is 6.08 Å². The minimum atomic E-state index is -0.498. The molecule has 1 aromatic carbocycles. The third kappa shape index (κ3) is 5.31. The predicted octanol–water partition coefficient (Wildman–Crippen LogP) is 1.46. The highest BCUT2D eigenvalue weighted by Gasteiger charge is 2.12. The number of benzene rings is 1. The fourth-order valence-electron chi connectivity index (χ4n) is 1.33. The Kier molecular flexibility index (Phi) is 4.77. The quantitative estimate of drug-likeness (QED) is 0.477. The number of hydrogen-bond acceptors (Lipinski definition) is 4. The Morgan fingerprint density at radius 1 is 1.47 bits per heavy atom. The van der Waals surface area contributed by atoms with Gasteiger partial charge in [0.1, 0.15) is 0 Å². The van der Waals surface area contributed by atoms with E-state index in [1.807, 2.05) is 0 Å². The number of nitrogens with one attached hydrogen (secondary N) is 1. The van der Waals surface area contributed by atoms with Crippen LogP contribution in [0.1, 0.15) is 19.4 Å². The fraction of sp³-hybridized carbons (Fsp3) is 0.308. The molecule has 0 radical (unpaired) electrons. The summed E-state index contributed by atoms with van der Waals surface area (Å²) in [7, 11) is 0. The van der Waals surface area contributed by atoms with Crippen LogP contribution in [0.2, 0.25) is 0 Å². The van der Waals surface area contributed by atoms with E-state index in [4.69, 9.17) is 5.73 Å². The third-order valence-electron chi connectivity index (χ3n) is 2.27. The third-order valence-corrected chi connectivity index (χ3v) is 2.27. The number of hydrogen-bond donors (Lipinski definition) is 2. The molecule has 1 amide bonds. The second-order valence-corrected chi connectivity index (χ2v) is 4.86. The first kappa shape index (κ1) is 14.8. The van der Waals surface area contributed by atoms with E-state index in [0.29, 0.717) is 12.1 Å². The molecule has 0 fully saturated rings. The first-order chi connectivity index (χ1) is 8.79. The van der Waals surface area contributed by atoms with E-state index in [2.05, 4.69) is 5.32 Å². The number of para-hydroxylation sites is 1. The molecule has 1 aromatic rings. The highest BCUT2D eigenvalue weighted by atomic mass is 16.6. The molecule has 0 aromatic heterocycles. The van der Waals surface area contributed by atoms with Crippen molar-refractivity contribution < 1.29 is 9.72 Å². The number of nitro groups is 1. The molecule has 0 aliphatic heterocycles. The topological polar surface area (TPSA) is 98.3 Å². The summed E-state index contributed by atoms with van der Waals surface area (Å²) in [5.41, 5.74) is 5.58. The first-order valence-electron chi connectivity index (χ1n) is 5.78. The van der Waals surface area contributed by atoms with Crippen molar-refractivity contribution in [3.63, 3.8) is 0 Å². The molecule has 102 valence electrons. The largest absolute Gasteiger partial charge is 0.351 e. The Labute approximate surface area is 111 Å². The summed E-state index contributed by atoms with van der Waals surface area (Å²) in [6.45, 7) is 3.91. The monoisotopic (exact) mass is 263 g/mol. The maximum atomic E-state index is 11.5. The Balaban J connectivity index is 2.72. The van der Waals surface area contributed by atoms with Crippen LogP contribution in [0, 0.1) is 10.1 Å². The van der Waals surface area contributed by atoms with Crippen molar-refractivity contribution >= 4 is 17.7 Å². The van der Waals surface area contributed by atoms with Crippen molar-refractivity contribution in [1.82, 2.24) is 5.32 Å². The number of carbonyl (C=O) groups is 1. The molecule has 6 nitrogen and oxygen atoms in total. The van der Waals surface area contributed by atoms with Crippen LogP contribution in [0.4, 0.5) is 5.69 Å². The molecular weight excluding hydrogens is 246 g/mol. The lowest BCUT2D eigenvalue weighted by atomic mass is 10.1. The lowest BCUT2D eigenvalue weighted by Gasteiger charge is -2.17. The number of nitrogens with two attached hydrogens (primary N) is 1. The Hall–Kier alpha value is -2.21. The van der Waals surface area contributed by atoms with Gasteiger partial charge in [-0.25, -0.2) is 0 Å². The normalized spacial score (nSPS) is 11.5. The summed E-state index contributed by atoms with van der Waals surface area (Å²) >= 11 is 0. The summed E-state index contributed by atoms with van der Waals surface area (Å²) in [6, 6.07) is 6.22. The van der Waals surface area contributed by atoms with E-state index >= 15 is 0 Å². The number of rotatable bonds is 5. The molecule has 19 heavy (non-hydrogen) atoms. The van der Waals surface area contributed by atoms with Crippen molar-refractivity contribution in [3.8, 4) is 0 Å². The minimum absolute atomic E-state index is 0.0364. The van der Waals surface area contributed by atoms with Gasteiger partial charge in [-0.15, -0.1) is 0 Å². The molecule has 0 atom stereocenters. The maximum absolute atomic E-state index is 11.5. The van der Waals surface area contributed by atoms with Crippen molar-refractivity contribution in [3.05, 3.63) is 46.0 Å². The van der Waals surface area contributed by atoms with E-state index < -0.39 is 10.5 Å². The zero-order chi connectivity index (χ0) is 14.5. The summed E-state index contributed by atoms with van der Waals surface area (Å²) in [4.78, 5) is 21.8. The van der Waals surface area contributed by atoms with Crippen LogP contribution in [0.3, 0.4) is 0 Å². The SMILES string of the molecule is CC(C)(N)CNC(=O)/C=C/c1ccccc1[N+](=O)[O-]. The first-order valence-corrected chi connectivity index (χ1v) is 5.78. The number of nitrogens with zero attached hydrogens (tertiary/aromatic N) is 1. The van der Waals surface area contributed by atoms with Crippen LogP contribution < -0.4 is 11.1 Å². The van der Waals surface area contributed by atoms with E-state index in [1.165, 1.54) is 18.2 Å². The van der Waals surface area contributed by atoms with Gasteiger partial charge in [0.2, 0.25) is 5.91 Å². The standard InChI is InChI=1S/C13H17N3O3/c1-13(2,14)9-15-12(17)8-7-10-5-3-4-6-11(10)16(18)19/h3-8H,9,14H2,1-2H3,(H,15,17)/b8-7+. The van der Waals surface area contributed by atoms with E-state index in [9.17, 15) is 14.9 Å². The molecule has 6 heteroatoms. The van der Waals surface area contributed by atoms with Crippen molar-refractivity contribution in [1.29, 1.82) is 0 Å². The van der Waals surface area contributed by atoms with Gasteiger partial charge in [0.05, 0.1) is 10.5 Å². The molecule has 0 bridgehead atoms. The predicted molar refractivity (Wildman–Crippen MR) is 73.4 cm³/mol. The zero-order valence-corrected chi connectivity index (χ0v) is 10.9. The summed E-state index contributed by atoms with van der Waals surface area (Å²) in [5, 5.41) is 13.4. The van der Waals surface area contributed by atoms with Gasteiger partial charge in [-0.2, -0.15) is 0 Å². The number of carbonyl (C=O) groups excluding carboxylic acids is 1. The molecule has 0 unspecified atom stereocenters. The maximum Gasteiger partial charge on any atom is 0.276 e. The zero-order valence-electron chi connectivity index (χ0n) is 10.9. The smallest absolute Gasteiger partial charge is 0.276 e. The Bertz CT molecular complexity index is 504. The highest BCUT2D eigenvalue weighted by Crippen LogP contribution is 2.18. The number of nitro benzene ring substituents is 1. The van der Waals surface area contributed by atoms with Gasteiger partial charge in [0.15, 0.2) is 0 Å². The molecule has 0 aliphatic carbocycles. The Morgan fingerprint density at radius 3 is 2.68 bits per heavy atom. The lowest BCUT2D eigenvalue weighted by molar-refractivity contribution is -0.385. The summed E-state index contributed by atoms with van der Waals surface area (Å²) in [5.74, 6) is -0.336. The van der Waals surface area contributed by atoms with E-state index in [-0.39, 0.29) is 11.6 Å². The number of amides is 1. The van der Waals surface area contributed by atoms with Gasteiger partial charge in [-0.1, -0.05) is 12.1 Å². The Morgan fingerprint density at radius 2 is 2.11 bits per heavy atom. The second-order valence-electron chi connectivity index (χ2n) is 4.86. The molecule has 0 spiro atoms. The van der Waals surface area contributed by atoms with E-state index in [0.717, 1.165) is 0 Å². The van der Waals surface area contributed by atoms with Crippen molar-refractivity contribution in [2.24, 2.45) is 5.73 Å². The van der Waals surface area contributed by atoms with Crippen LogP contribution >= 0.6 is 0 Å². The van der Waals surface area contributed by atoms with Crippen LogP contribution in [-0.2, 0) is 4.79 Å². The molecule has 3 N–H and O–H groups in total. The van der Waals surface area contributed by atoms with Gasteiger partial charge >= 0.3 is 0 Å². The van der Waals surface area contributed by atoms with Gasteiger partial charge in [0.25, 0.3) is 5.69 Å². The molecule has 0 saturated carbocycles. The van der Waals surface area contributed by atoms with Crippen molar-refractivity contribution in [2.75, 3.05) is 6.54 Å². The fourth-order valence-corrected chi connectivity index (χ4v) is 1.33. The van der Waals surface area contributed by atoms with Crippen LogP contribution in [0.5, 0.6) is 0 Å². The molecule has 0 heterocycles. The molecular formula is C13H17N3O3.